The molecule has 0 radical (unpaired) electrons. The third-order valence-corrected chi connectivity index (χ3v) is 3.26. The number of benzene rings is 1. The molecule has 0 aliphatic carbocycles. The number of esters is 1. The first-order chi connectivity index (χ1) is 9.21. The molecular weight excluding hydrogens is 240 g/mol. The van der Waals surface area contributed by atoms with Crippen molar-refractivity contribution < 1.29 is 9.53 Å². The zero-order chi connectivity index (χ0) is 13.8. The second-order valence-corrected chi connectivity index (χ2v) is 4.22. The Bertz CT molecular complexity index is 592. The van der Waals surface area contributed by atoms with E-state index in [0.29, 0.717) is 5.56 Å². The fraction of sp³-hybridized carbons (Fsp3) is 0.333. The van der Waals surface area contributed by atoms with E-state index in [0.717, 1.165) is 29.7 Å². The van der Waals surface area contributed by atoms with Gasteiger partial charge in [-0.05, 0) is 38.1 Å². The number of methoxy groups -OCH3 is 1. The van der Waals surface area contributed by atoms with Gasteiger partial charge in [-0.1, -0.05) is 0 Å². The van der Waals surface area contributed by atoms with Gasteiger partial charge in [0.2, 0.25) is 0 Å². The van der Waals surface area contributed by atoms with Crippen molar-refractivity contribution in [1.82, 2.24) is 4.98 Å². The van der Waals surface area contributed by atoms with Gasteiger partial charge in [-0.25, -0.2) is 4.79 Å². The lowest BCUT2D eigenvalue weighted by Gasteiger charge is -2.21. The number of nitrogens with zero attached hydrogens (tertiary/aromatic N) is 2. The van der Waals surface area contributed by atoms with Crippen LogP contribution in [0, 0.1) is 0 Å². The molecule has 2 rings (SSSR count). The zero-order valence-electron chi connectivity index (χ0n) is 11.5. The van der Waals surface area contributed by atoms with Gasteiger partial charge in [0.1, 0.15) is 0 Å². The standard InChI is InChI=1S/C15H18N2O2/c1-4-17(5-2)11-6-7-14-13(10-11)12(8-9-16-14)15(18)19-3/h6-10H,4-5H2,1-3H3. The molecule has 0 fully saturated rings. The SMILES string of the molecule is CCN(CC)c1ccc2nccc(C(=O)OC)c2c1. The smallest absolute Gasteiger partial charge is 0.338 e. The molecule has 0 saturated carbocycles. The van der Waals surface area contributed by atoms with Crippen molar-refractivity contribution in [3.63, 3.8) is 0 Å². The van der Waals surface area contributed by atoms with Crippen molar-refractivity contribution in [3.05, 3.63) is 36.0 Å². The fourth-order valence-corrected chi connectivity index (χ4v) is 2.21. The minimum absolute atomic E-state index is 0.330. The van der Waals surface area contributed by atoms with E-state index in [1.807, 2.05) is 18.2 Å². The van der Waals surface area contributed by atoms with Gasteiger partial charge in [0.15, 0.2) is 0 Å². The number of anilines is 1. The Morgan fingerprint density at radius 2 is 2.00 bits per heavy atom. The Labute approximate surface area is 113 Å². The third kappa shape index (κ3) is 2.52. The molecule has 0 aliphatic heterocycles. The summed E-state index contributed by atoms with van der Waals surface area (Å²) in [7, 11) is 1.39. The fourth-order valence-electron chi connectivity index (χ4n) is 2.21. The number of carbonyl (C=O) groups is 1. The van der Waals surface area contributed by atoms with E-state index in [9.17, 15) is 4.79 Å². The number of hydrogen-bond donors (Lipinski definition) is 0. The molecule has 4 nitrogen and oxygen atoms in total. The highest BCUT2D eigenvalue weighted by Gasteiger charge is 2.12. The van der Waals surface area contributed by atoms with Crippen molar-refractivity contribution in [2.45, 2.75) is 13.8 Å². The Balaban J connectivity index is 2.59. The van der Waals surface area contributed by atoms with Crippen LogP contribution >= 0.6 is 0 Å². The first-order valence-electron chi connectivity index (χ1n) is 6.43. The van der Waals surface area contributed by atoms with E-state index in [-0.39, 0.29) is 5.97 Å². The Morgan fingerprint density at radius 3 is 2.63 bits per heavy atom. The van der Waals surface area contributed by atoms with Crippen LogP contribution in [0.2, 0.25) is 0 Å². The Kier molecular flexibility index (Phi) is 4.00. The molecule has 1 aromatic heterocycles. The summed E-state index contributed by atoms with van der Waals surface area (Å²) in [5.74, 6) is -0.330. The van der Waals surface area contributed by atoms with Crippen LogP contribution in [-0.4, -0.2) is 31.2 Å². The lowest BCUT2D eigenvalue weighted by molar-refractivity contribution is 0.0603. The van der Waals surface area contributed by atoms with Crippen LogP contribution in [0.4, 0.5) is 5.69 Å². The number of hydrogen-bond acceptors (Lipinski definition) is 4. The van der Waals surface area contributed by atoms with Crippen molar-refractivity contribution in [3.8, 4) is 0 Å². The van der Waals surface area contributed by atoms with E-state index < -0.39 is 0 Å². The van der Waals surface area contributed by atoms with Crippen LogP contribution < -0.4 is 4.90 Å². The number of rotatable bonds is 4. The monoisotopic (exact) mass is 258 g/mol. The predicted molar refractivity (Wildman–Crippen MR) is 76.6 cm³/mol. The lowest BCUT2D eigenvalue weighted by atomic mass is 10.1. The number of pyridine rings is 1. The van der Waals surface area contributed by atoms with Crippen molar-refractivity contribution in [2.24, 2.45) is 0 Å². The van der Waals surface area contributed by atoms with E-state index >= 15 is 0 Å². The Hall–Kier alpha value is -2.10. The maximum Gasteiger partial charge on any atom is 0.338 e. The van der Waals surface area contributed by atoms with Crippen LogP contribution in [0.3, 0.4) is 0 Å². The molecule has 0 unspecified atom stereocenters. The van der Waals surface area contributed by atoms with E-state index in [1.54, 1.807) is 12.3 Å². The third-order valence-electron chi connectivity index (χ3n) is 3.26. The topological polar surface area (TPSA) is 42.4 Å². The highest BCUT2D eigenvalue weighted by molar-refractivity contribution is 6.04. The van der Waals surface area contributed by atoms with Crippen LogP contribution in [0.15, 0.2) is 30.5 Å². The number of carbonyl (C=O) groups excluding carboxylic acids is 1. The van der Waals surface area contributed by atoms with Crippen molar-refractivity contribution in [2.75, 3.05) is 25.1 Å². The van der Waals surface area contributed by atoms with Gasteiger partial charge in [0.05, 0.1) is 18.2 Å². The minimum Gasteiger partial charge on any atom is -0.465 e. The molecule has 0 saturated heterocycles. The molecule has 1 aromatic carbocycles. The van der Waals surface area contributed by atoms with Gasteiger partial charge in [-0.3, -0.25) is 4.98 Å². The van der Waals surface area contributed by atoms with E-state index in [4.69, 9.17) is 4.74 Å². The first-order valence-corrected chi connectivity index (χ1v) is 6.43. The summed E-state index contributed by atoms with van der Waals surface area (Å²) in [5, 5.41) is 0.832. The average molecular weight is 258 g/mol. The molecule has 19 heavy (non-hydrogen) atoms. The van der Waals surface area contributed by atoms with Gasteiger partial charge >= 0.3 is 5.97 Å². The molecular formula is C15H18N2O2. The highest BCUT2D eigenvalue weighted by atomic mass is 16.5. The molecule has 0 N–H and O–H groups in total. The van der Waals surface area contributed by atoms with Gasteiger partial charge in [0.25, 0.3) is 0 Å². The summed E-state index contributed by atoms with van der Waals surface area (Å²) >= 11 is 0. The van der Waals surface area contributed by atoms with Gasteiger partial charge in [-0.15, -0.1) is 0 Å². The summed E-state index contributed by atoms with van der Waals surface area (Å²) in [6.07, 6.45) is 1.63. The summed E-state index contributed by atoms with van der Waals surface area (Å²) in [4.78, 5) is 18.3. The maximum atomic E-state index is 11.8. The Morgan fingerprint density at radius 1 is 1.26 bits per heavy atom. The number of ether oxygens (including phenoxy) is 1. The molecule has 1 heterocycles. The number of aromatic nitrogens is 1. The first kappa shape index (κ1) is 13.3. The zero-order valence-corrected chi connectivity index (χ0v) is 11.5. The highest BCUT2D eigenvalue weighted by Crippen LogP contribution is 2.24. The quantitative estimate of drug-likeness (QED) is 0.791. The molecule has 0 aliphatic rings. The van der Waals surface area contributed by atoms with Gasteiger partial charge < -0.3 is 9.64 Å². The normalized spacial score (nSPS) is 10.5. The second kappa shape index (κ2) is 5.69. The molecule has 4 heteroatoms. The van der Waals surface area contributed by atoms with Crippen molar-refractivity contribution in [1.29, 1.82) is 0 Å². The number of fused-ring (bicyclic) bond motifs is 1. The van der Waals surface area contributed by atoms with Crippen LogP contribution in [0.25, 0.3) is 10.9 Å². The van der Waals surface area contributed by atoms with E-state index in [1.165, 1.54) is 7.11 Å². The molecule has 2 aromatic rings. The average Bonchev–Trinajstić information content (AvgIpc) is 2.47. The summed E-state index contributed by atoms with van der Waals surface area (Å²) in [5.41, 5.74) is 2.45. The summed E-state index contributed by atoms with van der Waals surface area (Å²) in [6, 6.07) is 7.67. The summed E-state index contributed by atoms with van der Waals surface area (Å²) in [6.45, 7) is 6.07. The lowest BCUT2D eigenvalue weighted by Crippen LogP contribution is -2.21. The largest absolute Gasteiger partial charge is 0.465 e. The minimum atomic E-state index is -0.330. The van der Waals surface area contributed by atoms with E-state index in [2.05, 4.69) is 23.7 Å². The molecule has 100 valence electrons. The molecule has 0 amide bonds. The van der Waals surface area contributed by atoms with Crippen LogP contribution in [0.5, 0.6) is 0 Å². The molecule has 0 bridgehead atoms. The van der Waals surface area contributed by atoms with Gasteiger partial charge in [0, 0.05) is 30.4 Å². The van der Waals surface area contributed by atoms with Gasteiger partial charge in [-0.2, -0.15) is 0 Å². The van der Waals surface area contributed by atoms with Crippen LogP contribution in [-0.2, 0) is 4.74 Å². The van der Waals surface area contributed by atoms with Crippen molar-refractivity contribution >= 4 is 22.6 Å². The maximum absolute atomic E-state index is 11.8. The predicted octanol–water partition coefficient (Wildman–Crippen LogP) is 2.87. The summed E-state index contributed by atoms with van der Waals surface area (Å²) < 4.78 is 4.82. The van der Waals surface area contributed by atoms with Crippen LogP contribution in [0.1, 0.15) is 24.2 Å². The second-order valence-electron chi connectivity index (χ2n) is 4.22. The molecule has 0 spiro atoms. The molecule has 0 atom stereocenters.